The summed E-state index contributed by atoms with van der Waals surface area (Å²) in [5, 5.41) is 12.2. The van der Waals surface area contributed by atoms with Gasteiger partial charge in [-0.2, -0.15) is 13.2 Å². The van der Waals surface area contributed by atoms with E-state index in [1.807, 2.05) is 60.7 Å². The lowest BCUT2D eigenvalue weighted by atomic mass is 10.0. The SMILES string of the molecule is O=C(Cc1ccc(C(F)(F)F)cc1)N[C@@H](Cc1ccc(OCc2ccccc2)c(OCc2ccccc2)c1)C(=O)O. The Morgan fingerprint density at radius 2 is 1.24 bits per heavy atom. The molecule has 0 aliphatic heterocycles. The van der Waals surface area contributed by atoms with Crippen LogP contribution in [0.15, 0.2) is 103 Å². The maximum Gasteiger partial charge on any atom is 0.416 e. The highest BCUT2D eigenvalue weighted by Crippen LogP contribution is 2.31. The first-order valence-electron chi connectivity index (χ1n) is 12.8. The van der Waals surface area contributed by atoms with Crippen molar-refractivity contribution in [3.8, 4) is 11.5 Å². The lowest BCUT2D eigenvalue weighted by Gasteiger charge is -2.18. The van der Waals surface area contributed by atoms with Crippen molar-refractivity contribution >= 4 is 11.9 Å². The number of ether oxygens (including phenoxy) is 2. The molecule has 0 spiro atoms. The van der Waals surface area contributed by atoms with Crippen LogP contribution < -0.4 is 14.8 Å². The van der Waals surface area contributed by atoms with Gasteiger partial charge in [0.15, 0.2) is 11.5 Å². The first-order chi connectivity index (χ1) is 19.7. The third kappa shape index (κ3) is 8.86. The Morgan fingerprint density at radius 1 is 0.707 bits per heavy atom. The lowest BCUT2D eigenvalue weighted by Crippen LogP contribution is -2.43. The summed E-state index contributed by atoms with van der Waals surface area (Å²) in [7, 11) is 0. The van der Waals surface area contributed by atoms with Crippen molar-refractivity contribution in [3.63, 3.8) is 0 Å². The molecule has 1 atom stereocenters. The van der Waals surface area contributed by atoms with E-state index in [-0.39, 0.29) is 19.4 Å². The molecule has 4 aromatic rings. The number of hydrogen-bond donors (Lipinski definition) is 2. The van der Waals surface area contributed by atoms with E-state index in [9.17, 15) is 27.9 Å². The second-order valence-corrected chi connectivity index (χ2v) is 9.36. The summed E-state index contributed by atoms with van der Waals surface area (Å²) in [4.78, 5) is 24.5. The van der Waals surface area contributed by atoms with Crippen LogP contribution in [0.2, 0.25) is 0 Å². The zero-order valence-corrected chi connectivity index (χ0v) is 21.9. The van der Waals surface area contributed by atoms with Crippen LogP contribution in [0, 0.1) is 0 Å². The number of nitrogens with one attached hydrogen (secondary N) is 1. The summed E-state index contributed by atoms with van der Waals surface area (Å²) in [6.45, 7) is 0.567. The number of aliphatic carboxylic acids is 1. The van der Waals surface area contributed by atoms with Gasteiger partial charge in [0.1, 0.15) is 19.3 Å². The molecule has 2 N–H and O–H groups in total. The predicted octanol–water partition coefficient (Wildman–Crippen LogP) is 6.22. The predicted molar refractivity (Wildman–Crippen MR) is 146 cm³/mol. The smallest absolute Gasteiger partial charge is 0.416 e. The Balaban J connectivity index is 1.45. The quantitative estimate of drug-likeness (QED) is 0.214. The van der Waals surface area contributed by atoms with Gasteiger partial charge in [0, 0.05) is 6.42 Å². The number of amides is 1. The van der Waals surface area contributed by atoms with Gasteiger partial charge < -0.3 is 19.9 Å². The fraction of sp³-hybridized carbons (Fsp3) is 0.188. The van der Waals surface area contributed by atoms with Crippen LogP contribution in [0.3, 0.4) is 0 Å². The van der Waals surface area contributed by atoms with E-state index >= 15 is 0 Å². The Bertz CT molecular complexity index is 1440. The number of benzene rings is 4. The molecule has 0 aliphatic carbocycles. The van der Waals surface area contributed by atoms with Crippen molar-refractivity contribution in [2.75, 3.05) is 0 Å². The monoisotopic (exact) mass is 563 g/mol. The largest absolute Gasteiger partial charge is 0.485 e. The molecule has 0 radical (unpaired) electrons. The minimum atomic E-state index is -4.49. The molecule has 1 amide bonds. The standard InChI is InChI=1S/C32H28F3NO5/c33-32(34,35)26-14-11-22(12-15-26)19-30(37)36-27(31(38)39)17-25-13-16-28(40-20-23-7-3-1-4-8-23)29(18-25)41-21-24-9-5-2-6-10-24/h1-16,18,27H,17,19-21H2,(H,36,37)(H,38,39)/t27-/m0/s1. The molecule has 6 nitrogen and oxygen atoms in total. The van der Waals surface area contributed by atoms with Gasteiger partial charge in [-0.15, -0.1) is 0 Å². The van der Waals surface area contributed by atoms with Gasteiger partial charge in [0.2, 0.25) is 5.91 Å². The minimum absolute atomic E-state index is 0.0469. The summed E-state index contributed by atoms with van der Waals surface area (Å²) in [6, 6.07) is 27.1. The second kappa shape index (κ2) is 13.5. The summed E-state index contributed by atoms with van der Waals surface area (Å²) in [6.07, 6.45) is -4.80. The number of carboxylic acid groups (broad SMARTS) is 1. The van der Waals surface area contributed by atoms with E-state index in [0.717, 1.165) is 23.3 Å². The molecule has 0 saturated carbocycles. The number of rotatable bonds is 12. The third-order valence-corrected chi connectivity index (χ3v) is 6.20. The third-order valence-electron chi connectivity index (χ3n) is 6.20. The van der Waals surface area contributed by atoms with Crippen molar-refractivity contribution in [2.45, 2.75) is 38.3 Å². The normalized spacial score (nSPS) is 11.9. The highest BCUT2D eigenvalue weighted by Gasteiger charge is 2.30. The maximum absolute atomic E-state index is 12.8. The summed E-state index contributed by atoms with van der Waals surface area (Å²) in [5.41, 5.74) is 1.99. The zero-order chi connectivity index (χ0) is 29.2. The molecule has 4 aromatic carbocycles. The molecule has 0 aromatic heterocycles. The lowest BCUT2D eigenvalue weighted by molar-refractivity contribution is -0.141. The Morgan fingerprint density at radius 3 is 1.78 bits per heavy atom. The number of carbonyl (C=O) groups excluding carboxylic acids is 1. The Labute approximate surface area is 235 Å². The number of alkyl halides is 3. The van der Waals surface area contributed by atoms with Crippen LogP contribution in [0.4, 0.5) is 13.2 Å². The molecule has 0 heterocycles. The maximum atomic E-state index is 12.8. The highest BCUT2D eigenvalue weighted by atomic mass is 19.4. The van der Waals surface area contributed by atoms with E-state index in [1.165, 1.54) is 12.1 Å². The van der Waals surface area contributed by atoms with Crippen LogP contribution in [-0.4, -0.2) is 23.0 Å². The van der Waals surface area contributed by atoms with Crippen LogP contribution in [0.5, 0.6) is 11.5 Å². The highest BCUT2D eigenvalue weighted by molar-refractivity contribution is 5.85. The molecular weight excluding hydrogens is 535 g/mol. The summed E-state index contributed by atoms with van der Waals surface area (Å²) >= 11 is 0. The number of hydrogen-bond acceptors (Lipinski definition) is 4. The van der Waals surface area contributed by atoms with Crippen LogP contribution in [0.25, 0.3) is 0 Å². The molecule has 4 rings (SSSR count). The van der Waals surface area contributed by atoms with Crippen LogP contribution in [-0.2, 0) is 41.8 Å². The molecule has 9 heteroatoms. The molecule has 0 saturated heterocycles. The molecule has 0 aliphatic rings. The van der Waals surface area contributed by atoms with E-state index in [4.69, 9.17) is 9.47 Å². The van der Waals surface area contributed by atoms with Crippen molar-refractivity contribution in [2.24, 2.45) is 0 Å². The number of carboxylic acids is 1. The second-order valence-electron chi connectivity index (χ2n) is 9.36. The molecular formula is C32H28F3NO5. The first-order valence-corrected chi connectivity index (χ1v) is 12.8. The van der Waals surface area contributed by atoms with E-state index in [1.54, 1.807) is 18.2 Å². The Hall–Kier alpha value is -4.79. The van der Waals surface area contributed by atoms with Gasteiger partial charge in [0.25, 0.3) is 0 Å². The fourth-order valence-corrected chi connectivity index (χ4v) is 4.06. The molecule has 0 bridgehead atoms. The molecule has 0 unspecified atom stereocenters. The van der Waals surface area contributed by atoms with Crippen LogP contribution >= 0.6 is 0 Å². The van der Waals surface area contributed by atoms with Gasteiger partial charge in [0.05, 0.1) is 12.0 Å². The van der Waals surface area contributed by atoms with Gasteiger partial charge in [-0.05, 0) is 46.5 Å². The van der Waals surface area contributed by atoms with E-state index in [2.05, 4.69) is 5.32 Å². The number of carbonyl (C=O) groups is 2. The molecule has 0 fully saturated rings. The van der Waals surface area contributed by atoms with Gasteiger partial charge in [-0.3, -0.25) is 4.79 Å². The number of halogens is 3. The molecule has 41 heavy (non-hydrogen) atoms. The first kappa shape index (κ1) is 29.2. The Kier molecular flexibility index (Phi) is 9.63. The van der Waals surface area contributed by atoms with Gasteiger partial charge in [-0.25, -0.2) is 4.79 Å². The summed E-state index contributed by atoms with van der Waals surface area (Å²) < 4.78 is 50.4. The van der Waals surface area contributed by atoms with Gasteiger partial charge >= 0.3 is 12.1 Å². The fourth-order valence-electron chi connectivity index (χ4n) is 4.06. The van der Waals surface area contributed by atoms with Crippen molar-refractivity contribution in [1.82, 2.24) is 5.32 Å². The van der Waals surface area contributed by atoms with E-state index in [0.29, 0.717) is 29.2 Å². The van der Waals surface area contributed by atoms with Crippen molar-refractivity contribution < 1.29 is 37.3 Å². The average Bonchev–Trinajstić information content (AvgIpc) is 2.96. The van der Waals surface area contributed by atoms with Crippen molar-refractivity contribution in [1.29, 1.82) is 0 Å². The zero-order valence-electron chi connectivity index (χ0n) is 21.9. The minimum Gasteiger partial charge on any atom is -0.485 e. The van der Waals surface area contributed by atoms with Gasteiger partial charge in [-0.1, -0.05) is 78.9 Å². The topological polar surface area (TPSA) is 84.9 Å². The molecule has 212 valence electrons. The van der Waals surface area contributed by atoms with E-state index < -0.39 is 29.7 Å². The van der Waals surface area contributed by atoms with Crippen LogP contribution in [0.1, 0.15) is 27.8 Å². The summed E-state index contributed by atoms with van der Waals surface area (Å²) in [5.74, 6) is -0.975. The average molecular weight is 564 g/mol. The van der Waals surface area contributed by atoms with Crippen molar-refractivity contribution in [3.05, 3.63) is 131 Å².